The number of nitrogens with zero attached hydrogens (tertiary/aromatic N) is 3. The van der Waals surface area contributed by atoms with Crippen molar-refractivity contribution in [3.63, 3.8) is 0 Å². The van der Waals surface area contributed by atoms with Gasteiger partial charge in [0.1, 0.15) is 17.7 Å². The molecular formula is C10H9ClN6O. The van der Waals surface area contributed by atoms with Crippen LogP contribution in [0.2, 0.25) is 5.15 Å². The summed E-state index contributed by atoms with van der Waals surface area (Å²) >= 11 is 5.70. The van der Waals surface area contributed by atoms with Crippen molar-refractivity contribution < 1.29 is 4.79 Å². The van der Waals surface area contributed by atoms with Crippen LogP contribution in [-0.4, -0.2) is 20.9 Å². The third-order valence-corrected chi connectivity index (χ3v) is 2.33. The molecule has 0 aliphatic carbocycles. The highest BCUT2D eigenvalue weighted by molar-refractivity contribution is 6.32. The maximum Gasteiger partial charge on any atom is 0.288 e. The molecule has 4 N–H and O–H groups in total. The van der Waals surface area contributed by atoms with Gasteiger partial charge in [-0.2, -0.15) is 0 Å². The quantitative estimate of drug-likeness (QED) is 0.561. The number of hydrazine groups is 1. The van der Waals surface area contributed by atoms with E-state index in [0.717, 1.165) is 0 Å². The summed E-state index contributed by atoms with van der Waals surface area (Å²) in [4.78, 5) is 23.1. The molecule has 2 aromatic heterocycles. The van der Waals surface area contributed by atoms with Crippen LogP contribution in [-0.2, 0) is 0 Å². The molecule has 0 atom stereocenters. The lowest BCUT2D eigenvalue weighted by Gasteiger charge is -2.09. The summed E-state index contributed by atoms with van der Waals surface area (Å²) in [5.74, 6) is -0.191. The summed E-state index contributed by atoms with van der Waals surface area (Å²) < 4.78 is 0. The Hall–Kier alpha value is -2.41. The van der Waals surface area contributed by atoms with Crippen LogP contribution in [0, 0.1) is 0 Å². The molecule has 0 saturated carbocycles. The van der Waals surface area contributed by atoms with Crippen LogP contribution in [0.5, 0.6) is 0 Å². The van der Waals surface area contributed by atoms with E-state index in [2.05, 4.69) is 25.8 Å². The lowest BCUT2D eigenvalue weighted by atomic mass is 10.3. The summed E-state index contributed by atoms with van der Waals surface area (Å²) in [6.45, 7) is 0. The summed E-state index contributed by atoms with van der Waals surface area (Å²) in [6, 6.07) is 5.00. The van der Waals surface area contributed by atoms with Gasteiger partial charge >= 0.3 is 0 Å². The molecule has 0 saturated heterocycles. The van der Waals surface area contributed by atoms with Gasteiger partial charge in [0.05, 0.1) is 0 Å². The molecule has 8 heteroatoms. The second-order valence-electron chi connectivity index (χ2n) is 3.22. The number of rotatable bonds is 3. The number of amides is 1. The molecule has 18 heavy (non-hydrogen) atoms. The fourth-order valence-corrected chi connectivity index (χ4v) is 1.28. The maximum atomic E-state index is 11.7. The Kier molecular flexibility index (Phi) is 3.54. The minimum absolute atomic E-state index is 0.111. The number of nitrogens with two attached hydrogens (primary N) is 1. The number of nitrogens with one attached hydrogen (secondary N) is 2. The Balaban J connectivity index is 2.04. The van der Waals surface area contributed by atoms with Gasteiger partial charge in [-0.1, -0.05) is 17.7 Å². The van der Waals surface area contributed by atoms with Gasteiger partial charge in [0.15, 0.2) is 11.0 Å². The molecule has 1 amide bonds. The molecule has 7 nitrogen and oxygen atoms in total. The Labute approximate surface area is 107 Å². The molecule has 0 aliphatic heterocycles. The number of carbonyl (C=O) groups is 1. The first-order chi connectivity index (χ1) is 8.68. The first-order valence-electron chi connectivity index (χ1n) is 4.92. The standard InChI is InChI=1S/C10H9ClN6O/c11-8-7(12)9(15-5-14-8)16-17-10(18)6-3-1-2-4-13-6/h1-5H,12H2,(H,17,18)(H,14,15,16). The highest BCUT2D eigenvalue weighted by Crippen LogP contribution is 2.20. The van der Waals surface area contributed by atoms with Crippen molar-refractivity contribution in [2.24, 2.45) is 0 Å². The summed E-state index contributed by atoms with van der Waals surface area (Å²) in [7, 11) is 0. The third-order valence-electron chi connectivity index (χ3n) is 2.03. The van der Waals surface area contributed by atoms with E-state index < -0.39 is 5.91 Å². The van der Waals surface area contributed by atoms with Crippen LogP contribution in [0.4, 0.5) is 11.5 Å². The van der Waals surface area contributed by atoms with Gasteiger partial charge in [-0.25, -0.2) is 9.97 Å². The van der Waals surface area contributed by atoms with Crippen molar-refractivity contribution in [1.82, 2.24) is 20.4 Å². The fourth-order valence-electron chi connectivity index (χ4n) is 1.15. The average molecular weight is 265 g/mol. The lowest BCUT2D eigenvalue weighted by Crippen LogP contribution is -2.30. The second-order valence-corrected chi connectivity index (χ2v) is 3.58. The Morgan fingerprint density at radius 1 is 1.28 bits per heavy atom. The Morgan fingerprint density at radius 2 is 2.11 bits per heavy atom. The fraction of sp³-hybridized carbons (Fsp3) is 0. The van der Waals surface area contributed by atoms with Crippen LogP contribution in [0.1, 0.15) is 10.5 Å². The monoisotopic (exact) mass is 264 g/mol. The van der Waals surface area contributed by atoms with Gasteiger partial charge in [-0.05, 0) is 12.1 Å². The van der Waals surface area contributed by atoms with Gasteiger partial charge in [0, 0.05) is 6.20 Å². The van der Waals surface area contributed by atoms with Crippen LogP contribution < -0.4 is 16.6 Å². The highest BCUT2D eigenvalue weighted by atomic mass is 35.5. The van der Waals surface area contributed by atoms with Crippen LogP contribution in [0.3, 0.4) is 0 Å². The minimum atomic E-state index is -0.412. The Bertz CT molecular complexity index is 562. The predicted octanol–water partition coefficient (Wildman–Crippen LogP) is 0.864. The molecule has 0 bridgehead atoms. The van der Waals surface area contributed by atoms with Gasteiger partial charge in [0.2, 0.25) is 0 Å². The molecule has 2 aromatic rings. The molecule has 0 spiro atoms. The normalized spacial score (nSPS) is 9.83. The molecule has 2 rings (SSSR count). The smallest absolute Gasteiger partial charge is 0.288 e. The third kappa shape index (κ3) is 2.64. The van der Waals surface area contributed by atoms with Crippen molar-refractivity contribution in [2.75, 3.05) is 11.2 Å². The van der Waals surface area contributed by atoms with Crippen molar-refractivity contribution in [2.45, 2.75) is 0 Å². The van der Waals surface area contributed by atoms with Gasteiger partial charge in [-0.15, -0.1) is 0 Å². The number of aromatic nitrogens is 3. The van der Waals surface area contributed by atoms with Crippen molar-refractivity contribution >= 4 is 29.0 Å². The molecular weight excluding hydrogens is 256 g/mol. The zero-order valence-corrected chi connectivity index (χ0v) is 9.85. The van der Waals surface area contributed by atoms with Crippen LogP contribution in [0.15, 0.2) is 30.7 Å². The van der Waals surface area contributed by atoms with Crippen molar-refractivity contribution in [1.29, 1.82) is 0 Å². The van der Waals surface area contributed by atoms with E-state index in [1.807, 2.05) is 0 Å². The van der Waals surface area contributed by atoms with Crippen LogP contribution >= 0.6 is 11.6 Å². The van der Waals surface area contributed by atoms with Gasteiger partial charge in [-0.3, -0.25) is 20.6 Å². The van der Waals surface area contributed by atoms with Gasteiger partial charge < -0.3 is 5.73 Å². The minimum Gasteiger partial charge on any atom is -0.393 e. The average Bonchev–Trinajstić information content (AvgIpc) is 2.41. The molecule has 0 aliphatic rings. The Morgan fingerprint density at radius 3 is 2.83 bits per heavy atom. The number of nitrogen functional groups attached to an aromatic ring is 1. The van der Waals surface area contributed by atoms with Crippen LogP contribution in [0.25, 0.3) is 0 Å². The number of anilines is 2. The first-order valence-corrected chi connectivity index (χ1v) is 5.29. The van der Waals surface area contributed by atoms with E-state index in [1.54, 1.807) is 18.2 Å². The second kappa shape index (κ2) is 5.28. The summed E-state index contributed by atoms with van der Waals surface area (Å²) in [5, 5.41) is 0.111. The number of hydrogen-bond acceptors (Lipinski definition) is 6. The van der Waals surface area contributed by atoms with E-state index in [0.29, 0.717) is 0 Å². The molecule has 0 fully saturated rings. The van der Waals surface area contributed by atoms with E-state index in [-0.39, 0.29) is 22.4 Å². The molecule has 0 aromatic carbocycles. The van der Waals surface area contributed by atoms with E-state index in [4.69, 9.17) is 17.3 Å². The van der Waals surface area contributed by atoms with E-state index >= 15 is 0 Å². The number of pyridine rings is 1. The molecule has 0 unspecified atom stereocenters. The van der Waals surface area contributed by atoms with Crippen molar-refractivity contribution in [3.8, 4) is 0 Å². The first kappa shape index (κ1) is 12.1. The topological polar surface area (TPSA) is 106 Å². The number of carbonyl (C=O) groups excluding carboxylic acids is 1. The summed E-state index contributed by atoms with van der Waals surface area (Å²) in [6.07, 6.45) is 2.75. The summed E-state index contributed by atoms with van der Waals surface area (Å²) in [5.41, 5.74) is 11.0. The zero-order chi connectivity index (χ0) is 13.0. The van der Waals surface area contributed by atoms with E-state index in [1.165, 1.54) is 12.5 Å². The molecule has 2 heterocycles. The SMILES string of the molecule is Nc1c(Cl)ncnc1NNC(=O)c1ccccn1. The molecule has 92 valence electrons. The number of hydrogen-bond donors (Lipinski definition) is 3. The zero-order valence-electron chi connectivity index (χ0n) is 9.09. The maximum absolute atomic E-state index is 11.7. The highest BCUT2D eigenvalue weighted by Gasteiger charge is 2.09. The van der Waals surface area contributed by atoms with Crippen molar-refractivity contribution in [3.05, 3.63) is 41.6 Å². The molecule has 0 radical (unpaired) electrons. The largest absolute Gasteiger partial charge is 0.393 e. The predicted molar refractivity (Wildman–Crippen MR) is 66.8 cm³/mol. The van der Waals surface area contributed by atoms with Gasteiger partial charge in [0.25, 0.3) is 5.91 Å². The van der Waals surface area contributed by atoms with E-state index in [9.17, 15) is 4.79 Å². The lowest BCUT2D eigenvalue weighted by molar-refractivity contribution is 0.0957. The number of halogens is 1.